The van der Waals surface area contributed by atoms with Crippen molar-refractivity contribution in [2.75, 3.05) is 19.8 Å². The molecule has 0 radical (unpaired) electrons. The average molecular weight is 287 g/mol. The standard InChI is InChI=1S/C10H13N3O5S/c11-5-10(6-18-7-10)12-19(16,17)9-3-1-8(2-4-9)13(14)15/h1-4,12H,5-7,11H2. The maximum atomic E-state index is 12.1. The fraction of sp³-hybridized carbons (Fsp3) is 0.400. The van der Waals surface area contributed by atoms with Crippen molar-refractivity contribution in [3.8, 4) is 0 Å². The van der Waals surface area contributed by atoms with E-state index in [9.17, 15) is 18.5 Å². The molecule has 0 atom stereocenters. The van der Waals surface area contributed by atoms with Gasteiger partial charge in [0.2, 0.25) is 10.0 Å². The lowest BCUT2D eigenvalue weighted by Crippen LogP contribution is -2.66. The van der Waals surface area contributed by atoms with Crippen molar-refractivity contribution in [3.05, 3.63) is 34.4 Å². The number of nitro benzene ring substituents is 1. The maximum absolute atomic E-state index is 12.1. The second-order valence-electron chi connectivity index (χ2n) is 4.33. The van der Waals surface area contributed by atoms with E-state index < -0.39 is 20.5 Å². The highest BCUT2D eigenvalue weighted by Crippen LogP contribution is 2.21. The first kappa shape index (κ1) is 13.9. The number of benzene rings is 1. The molecular weight excluding hydrogens is 274 g/mol. The van der Waals surface area contributed by atoms with Crippen molar-refractivity contribution >= 4 is 15.7 Å². The number of ether oxygens (including phenoxy) is 1. The van der Waals surface area contributed by atoms with Gasteiger partial charge in [0.25, 0.3) is 5.69 Å². The second-order valence-corrected chi connectivity index (χ2v) is 6.02. The predicted molar refractivity (Wildman–Crippen MR) is 66.0 cm³/mol. The molecule has 1 saturated heterocycles. The Balaban J connectivity index is 2.22. The molecule has 1 fully saturated rings. The first-order chi connectivity index (χ1) is 8.88. The number of rotatable bonds is 5. The van der Waals surface area contributed by atoms with Crippen LogP contribution in [0.15, 0.2) is 29.2 Å². The Bertz CT molecular complexity index is 574. The number of sulfonamides is 1. The van der Waals surface area contributed by atoms with E-state index in [1.54, 1.807) is 0 Å². The van der Waals surface area contributed by atoms with E-state index >= 15 is 0 Å². The highest BCUT2D eigenvalue weighted by Gasteiger charge is 2.41. The first-order valence-corrected chi connectivity index (χ1v) is 6.93. The third-order valence-electron chi connectivity index (χ3n) is 2.86. The number of non-ortho nitro benzene ring substituents is 1. The van der Waals surface area contributed by atoms with Crippen LogP contribution in [0.4, 0.5) is 5.69 Å². The van der Waals surface area contributed by atoms with E-state index in [-0.39, 0.29) is 30.3 Å². The molecule has 0 bridgehead atoms. The molecule has 1 aliphatic rings. The zero-order valence-corrected chi connectivity index (χ0v) is 10.7. The summed E-state index contributed by atoms with van der Waals surface area (Å²) >= 11 is 0. The Kier molecular flexibility index (Phi) is 3.54. The van der Waals surface area contributed by atoms with Gasteiger partial charge in [0, 0.05) is 18.7 Å². The molecule has 104 valence electrons. The Morgan fingerprint density at radius 1 is 1.37 bits per heavy atom. The van der Waals surface area contributed by atoms with E-state index in [2.05, 4.69) is 4.72 Å². The lowest BCUT2D eigenvalue weighted by atomic mass is 10.0. The van der Waals surface area contributed by atoms with Gasteiger partial charge in [-0.25, -0.2) is 8.42 Å². The van der Waals surface area contributed by atoms with Crippen LogP contribution in [-0.4, -0.2) is 38.6 Å². The molecule has 0 aromatic heterocycles. The molecule has 3 N–H and O–H groups in total. The summed E-state index contributed by atoms with van der Waals surface area (Å²) in [7, 11) is -3.77. The summed E-state index contributed by atoms with van der Waals surface area (Å²) in [5, 5.41) is 10.5. The van der Waals surface area contributed by atoms with Gasteiger partial charge in [0.15, 0.2) is 0 Å². The van der Waals surface area contributed by atoms with Gasteiger partial charge in [0.05, 0.1) is 28.6 Å². The van der Waals surface area contributed by atoms with E-state index in [0.29, 0.717) is 0 Å². The number of nitrogens with one attached hydrogen (secondary N) is 1. The van der Waals surface area contributed by atoms with Crippen LogP contribution in [0.5, 0.6) is 0 Å². The third-order valence-corrected chi connectivity index (χ3v) is 4.45. The van der Waals surface area contributed by atoms with Crippen LogP contribution in [0.1, 0.15) is 0 Å². The van der Waals surface area contributed by atoms with Crippen LogP contribution in [0.2, 0.25) is 0 Å². The minimum absolute atomic E-state index is 0.0437. The van der Waals surface area contributed by atoms with Gasteiger partial charge in [-0.2, -0.15) is 4.72 Å². The number of nitrogens with two attached hydrogens (primary N) is 1. The Morgan fingerprint density at radius 2 is 1.95 bits per heavy atom. The smallest absolute Gasteiger partial charge is 0.269 e. The van der Waals surface area contributed by atoms with E-state index in [4.69, 9.17) is 10.5 Å². The quantitative estimate of drug-likeness (QED) is 0.561. The Morgan fingerprint density at radius 3 is 2.32 bits per heavy atom. The molecule has 0 amide bonds. The van der Waals surface area contributed by atoms with Gasteiger partial charge in [-0.1, -0.05) is 0 Å². The summed E-state index contributed by atoms with van der Waals surface area (Å²) in [4.78, 5) is 9.86. The van der Waals surface area contributed by atoms with Crippen LogP contribution >= 0.6 is 0 Å². The highest BCUT2D eigenvalue weighted by molar-refractivity contribution is 7.89. The summed E-state index contributed by atoms with van der Waals surface area (Å²) in [6, 6.07) is 4.65. The molecule has 1 heterocycles. The average Bonchev–Trinajstić information content (AvgIpc) is 2.34. The molecule has 0 spiro atoms. The van der Waals surface area contributed by atoms with Gasteiger partial charge in [0.1, 0.15) is 0 Å². The molecule has 8 nitrogen and oxygen atoms in total. The molecule has 0 saturated carbocycles. The predicted octanol–water partition coefficient (Wildman–Crippen LogP) is -0.399. The molecule has 2 rings (SSSR count). The van der Waals surface area contributed by atoms with Crippen molar-refractivity contribution in [2.24, 2.45) is 5.73 Å². The second kappa shape index (κ2) is 4.85. The summed E-state index contributed by atoms with van der Waals surface area (Å²) in [6.07, 6.45) is 0. The maximum Gasteiger partial charge on any atom is 0.269 e. The van der Waals surface area contributed by atoms with Crippen LogP contribution < -0.4 is 10.5 Å². The summed E-state index contributed by atoms with van der Waals surface area (Å²) < 4.78 is 31.6. The molecule has 9 heteroatoms. The van der Waals surface area contributed by atoms with Crippen molar-refractivity contribution in [1.29, 1.82) is 0 Å². The molecule has 0 unspecified atom stereocenters. The number of nitrogens with zero attached hydrogens (tertiary/aromatic N) is 1. The van der Waals surface area contributed by atoms with Crippen molar-refractivity contribution < 1.29 is 18.1 Å². The minimum Gasteiger partial charge on any atom is -0.377 e. The van der Waals surface area contributed by atoms with Gasteiger partial charge < -0.3 is 10.5 Å². The monoisotopic (exact) mass is 287 g/mol. The summed E-state index contributed by atoms with van der Waals surface area (Å²) in [5.41, 5.74) is 4.58. The van der Waals surface area contributed by atoms with Crippen molar-refractivity contribution in [2.45, 2.75) is 10.4 Å². The number of hydrogen-bond acceptors (Lipinski definition) is 6. The van der Waals surface area contributed by atoms with Crippen LogP contribution in [0, 0.1) is 10.1 Å². The molecule has 1 aromatic rings. The fourth-order valence-corrected chi connectivity index (χ4v) is 3.04. The number of nitro groups is 1. The molecule has 1 aromatic carbocycles. The van der Waals surface area contributed by atoms with Crippen molar-refractivity contribution in [3.63, 3.8) is 0 Å². The summed E-state index contributed by atoms with van der Waals surface area (Å²) in [6.45, 7) is 0.560. The van der Waals surface area contributed by atoms with Crippen LogP contribution in [0.3, 0.4) is 0 Å². The first-order valence-electron chi connectivity index (χ1n) is 5.45. The highest BCUT2D eigenvalue weighted by atomic mass is 32.2. The van der Waals surface area contributed by atoms with E-state index in [1.165, 1.54) is 12.1 Å². The topological polar surface area (TPSA) is 125 Å². The molecule has 1 aliphatic heterocycles. The third kappa shape index (κ3) is 2.73. The minimum atomic E-state index is -3.77. The van der Waals surface area contributed by atoms with Crippen LogP contribution in [0.25, 0.3) is 0 Å². The largest absolute Gasteiger partial charge is 0.377 e. The normalized spacial score (nSPS) is 17.7. The van der Waals surface area contributed by atoms with Gasteiger partial charge in [-0.05, 0) is 12.1 Å². The Labute approximate surface area is 109 Å². The molecule has 19 heavy (non-hydrogen) atoms. The van der Waals surface area contributed by atoms with Gasteiger partial charge in [-0.15, -0.1) is 0 Å². The SMILES string of the molecule is NCC1(NS(=O)(=O)c2ccc([N+](=O)[O-])cc2)COC1. The lowest BCUT2D eigenvalue weighted by Gasteiger charge is -2.40. The fourth-order valence-electron chi connectivity index (χ4n) is 1.66. The van der Waals surface area contributed by atoms with E-state index in [1.807, 2.05) is 0 Å². The van der Waals surface area contributed by atoms with Crippen LogP contribution in [-0.2, 0) is 14.8 Å². The van der Waals surface area contributed by atoms with Gasteiger partial charge in [-0.3, -0.25) is 10.1 Å². The zero-order chi connectivity index (χ0) is 14.1. The lowest BCUT2D eigenvalue weighted by molar-refractivity contribution is -0.384. The van der Waals surface area contributed by atoms with Crippen molar-refractivity contribution in [1.82, 2.24) is 4.72 Å². The summed E-state index contributed by atoms with van der Waals surface area (Å²) in [5.74, 6) is 0. The number of hydrogen-bond donors (Lipinski definition) is 2. The molecule has 0 aliphatic carbocycles. The zero-order valence-electron chi connectivity index (χ0n) is 9.90. The van der Waals surface area contributed by atoms with E-state index in [0.717, 1.165) is 12.1 Å². The van der Waals surface area contributed by atoms with Gasteiger partial charge >= 0.3 is 0 Å². The molecular formula is C10H13N3O5S. The Hall–Kier alpha value is -1.55.